The zero-order chi connectivity index (χ0) is 16.2. The molecule has 0 saturated heterocycles. The Labute approximate surface area is 142 Å². The molecular weight excluding hydrogens is 304 g/mol. The fourth-order valence-corrected chi connectivity index (χ4v) is 4.37. The topological polar surface area (TPSA) is 32.3 Å². The molecule has 1 aliphatic heterocycles. The van der Waals surface area contributed by atoms with Crippen LogP contribution in [0.4, 0.5) is 5.69 Å². The minimum Gasteiger partial charge on any atom is -0.325 e. The summed E-state index contributed by atoms with van der Waals surface area (Å²) in [5.41, 5.74) is 3.55. The number of rotatable bonds is 5. The summed E-state index contributed by atoms with van der Waals surface area (Å²) >= 11 is 1.85. The van der Waals surface area contributed by atoms with Crippen molar-refractivity contribution in [2.75, 3.05) is 18.4 Å². The van der Waals surface area contributed by atoms with E-state index >= 15 is 0 Å². The van der Waals surface area contributed by atoms with Crippen molar-refractivity contribution in [3.05, 3.63) is 51.7 Å². The van der Waals surface area contributed by atoms with E-state index in [1.54, 1.807) is 0 Å². The molecule has 2 aromatic rings. The summed E-state index contributed by atoms with van der Waals surface area (Å²) in [4.78, 5) is 16.3. The Kier molecular flexibility index (Phi) is 5.13. The SMILES string of the molecule is CCc1ccccc1NC(=O)CN1CCc2sccc2C1CC. The minimum atomic E-state index is 0.0861. The van der Waals surface area contributed by atoms with E-state index in [0.29, 0.717) is 12.6 Å². The van der Waals surface area contributed by atoms with Gasteiger partial charge < -0.3 is 5.32 Å². The van der Waals surface area contributed by atoms with Crippen LogP contribution in [0, 0.1) is 0 Å². The zero-order valence-corrected chi connectivity index (χ0v) is 14.7. The summed E-state index contributed by atoms with van der Waals surface area (Å²) in [7, 11) is 0. The van der Waals surface area contributed by atoms with Crippen molar-refractivity contribution in [1.82, 2.24) is 4.90 Å². The van der Waals surface area contributed by atoms with Crippen LogP contribution in [0.2, 0.25) is 0 Å². The quantitative estimate of drug-likeness (QED) is 0.889. The first-order chi connectivity index (χ1) is 11.2. The van der Waals surface area contributed by atoms with Gasteiger partial charge in [-0.05, 0) is 47.9 Å². The predicted molar refractivity (Wildman–Crippen MR) is 97.1 cm³/mol. The molecule has 0 fully saturated rings. The molecule has 1 aromatic carbocycles. The number of nitrogens with one attached hydrogen (secondary N) is 1. The highest BCUT2D eigenvalue weighted by Gasteiger charge is 2.28. The molecule has 0 spiro atoms. The highest BCUT2D eigenvalue weighted by molar-refractivity contribution is 7.10. The maximum absolute atomic E-state index is 12.5. The average molecular weight is 328 g/mol. The second-order valence-corrected chi connectivity index (χ2v) is 7.00. The first-order valence-corrected chi connectivity index (χ1v) is 9.29. The molecule has 23 heavy (non-hydrogen) atoms. The summed E-state index contributed by atoms with van der Waals surface area (Å²) in [6.07, 6.45) is 3.03. The second-order valence-electron chi connectivity index (χ2n) is 6.00. The number of aryl methyl sites for hydroxylation is 1. The molecule has 0 saturated carbocycles. The third kappa shape index (κ3) is 3.48. The number of carbonyl (C=O) groups excluding carboxylic acids is 1. The van der Waals surface area contributed by atoms with Gasteiger partial charge in [-0.3, -0.25) is 9.69 Å². The number of benzene rings is 1. The van der Waals surface area contributed by atoms with Crippen molar-refractivity contribution >= 4 is 22.9 Å². The summed E-state index contributed by atoms with van der Waals surface area (Å²) in [5.74, 6) is 0.0861. The number of hydrogen-bond donors (Lipinski definition) is 1. The van der Waals surface area contributed by atoms with Crippen LogP contribution in [0.25, 0.3) is 0 Å². The van der Waals surface area contributed by atoms with E-state index < -0.39 is 0 Å². The van der Waals surface area contributed by atoms with Crippen molar-refractivity contribution < 1.29 is 4.79 Å². The van der Waals surface area contributed by atoms with E-state index in [-0.39, 0.29) is 5.91 Å². The zero-order valence-electron chi connectivity index (χ0n) is 13.8. The maximum atomic E-state index is 12.5. The lowest BCUT2D eigenvalue weighted by atomic mass is 9.98. The van der Waals surface area contributed by atoms with Gasteiger partial charge >= 0.3 is 0 Å². The van der Waals surface area contributed by atoms with Crippen LogP contribution in [0.15, 0.2) is 35.7 Å². The van der Waals surface area contributed by atoms with Crippen LogP contribution in [-0.2, 0) is 17.6 Å². The van der Waals surface area contributed by atoms with Gasteiger partial charge in [0.15, 0.2) is 0 Å². The van der Waals surface area contributed by atoms with Gasteiger partial charge in [0, 0.05) is 23.2 Å². The van der Waals surface area contributed by atoms with E-state index in [0.717, 1.165) is 31.5 Å². The van der Waals surface area contributed by atoms with Crippen molar-refractivity contribution in [3.8, 4) is 0 Å². The van der Waals surface area contributed by atoms with E-state index in [1.165, 1.54) is 16.0 Å². The van der Waals surface area contributed by atoms with Crippen molar-refractivity contribution in [2.24, 2.45) is 0 Å². The van der Waals surface area contributed by atoms with Crippen molar-refractivity contribution in [1.29, 1.82) is 0 Å². The highest BCUT2D eigenvalue weighted by atomic mass is 32.1. The third-order valence-electron chi connectivity index (χ3n) is 4.61. The number of para-hydroxylation sites is 1. The number of nitrogens with zero attached hydrogens (tertiary/aromatic N) is 1. The smallest absolute Gasteiger partial charge is 0.238 e. The van der Waals surface area contributed by atoms with E-state index in [9.17, 15) is 4.79 Å². The maximum Gasteiger partial charge on any atom is 0.238 e. The lowest BCUT2D eigenvalue weighted by molar-refractivity contribution is -0.118. The highest BCUT2D eigenvalue weighted by Crippen LogP contribution is 2.34. The number of carbonyl (C=O) groups is 1. The third-order valence-corrected chi connectivity index (χ3v) is 5.61. The lowest BCUT2D eigenvalue weighted by Gasteiger charge is -2.34. The first kappa shape index (κ1) is 16.2. The molecule has 3 rings (SSSR count). The summed E-state index contributed by atoms with van der Waals surface area (Å²) < 4.78 is 0. The Balaban J connectivity index is 1.68. The van der Waals surface area contributed by atoms with Crippen molar-refractivity contribution in [3.63, 3.8) is 0 Å². The molecule has 0 radical (unpaired) electrons. The molecule has 1 aromatic heterocycles. The normalized spacial score (nSPS) is 17.7. The fourth-order valence-electron chi connectivity index (χ4n) is 3.44. The van der Waals surface area contributed by atoms with Crippen LogP contribution in [0.3, 0.4) is 0 Å². The summed E-state index contributed by atoms with van der Waals surface area (Å²) in [5, 5.41) is 5.27. The second kappa shape index (κ2) is 7.28. The van der Waals surface area contributed by atoms with Gasteiger partial charge in [0.2, 0.25) is 5.91 Å². The molecule has 1 N–H and O–H groups in total. The largest absolute Gasteiger partial charge is 0.325 e. The minimum absolute atomic E-state index is 0.0861. The summed E-state index contributed by atoms with van der Waals surface area (Å²) in [6.45, 7) is 5.75. The number of hydrogen-bond acceptors (Lipinski definition) is 3. The Morgan fingerprint density at radius 3 is 2.91 bits per heavy atom. The molecule has 1 atom stereocenters. The molecule has 122 valence electrons. The van der Waals surface area contributed by atoms with Crippen LogP contribution in [-0.4, -0.2) is 23.9 Å². The van der Waals surface area contributed by atoms with Gasteiger partial charge in [0.1, 0.15) is 0 Å². The van der Waals surface area contributed by atoms with E-state index in [1.807, 2.05) is 29.5 Å². The fraction of sp³-hybridized carbons (Fsp3) is 0.421. The van der Waals surface area contributed by atoms with E-state index in [2.05, 4.69) is 41.6 Å². The Morgan fingerprint density at radius 2 is 2.13 bits per heavy atom. The molecule has 0 bridgehead atoms. The predicted octanol–water partition coefficient (Wildman–Crippen LogP) is 4.26. The number of amides is 1. The molecule has 4 heteroatoms. The lowest BCUT2D eigenvalue weighted by Crippen LogP contribution is -2.40. The van der Waals surface area contributed by atoms with Gasteiger partial charge in [-0.25, -0.2) is 0 Å². The number of anilines is 1. The molecule has 3 nitrogen and oxygen atoms in total. The number of thiophene rings is 1. The first-order valence-electron chi connectivity index (χ1n) is 8.41. The van der Waals surface area contributed by atoms with Crippen LogP contribution in [0.1, 0.15) is 42.3 Å². The molecule has 1 unspecified atom stereocenters. The molecule has 0 aliphatic carbocycles. The Hall–Kier alpha value is -1.65. The molecule has 2 heterocycles. The Bertz CT molecular complexity index is 680. The van der Waals surface area contributed by atoms with Crippen LogP contribution >= 0.6 is 11.3 Å². The Morgan fingerprint density at radius 1 is 1.30 bits per heavy atom. The van der Waals surface area contributed by atoms with Gasteiger partial charge in [-0.2, -0.15) is 0 Å². The molecule has 1 amide bonds. The van der Waals surface area contributed by atoms with Crippen LogP contribution in [0.5, 0.6) is 0 Å². The average Bonchev–Trinajstić information content (AvgIpc) is 3.03. The molecule has 1 aliphatic rings. The van der Waals surface area contributed by atoms with Crippen LogP contribution < -0.4 is 5.32 Å². The monoisotopic (exact) mass is 328 g/mol. The molecular formula is C19H24N2OS. The van der Waals surface area contributed by atoms with Crippen molar-refractivity contribution in [2.45, 2.75) is 39.2 Å². The standard InChI is InChI=1S/C19H24N2OS/c1-3-14-7-5-6-8-16(14)20-19(22)13-21-11-9-18-15(10-12-23-18)17(21)4-2/h5-8,10,12,17H,3-4,9,11,13H2,1-2H3,(H,20,22). The van der Waals surface area contributed by atoms with Gasteiger partial charge in [-0.1, -0.05) is 32.0 Å². The van der Waals surface area contributed by atoms with Gasteiger partial charge in [0.25, 0.3) is 0 Å². The summed E-state index contributed by atoms with van der Waals surface area (Å²) in [6, 6.07) is 10.7. The van der Waals surface area contributed by atoms with E-state index in [4.69, 9.17) is 0 Å². The van der Waals surface area contributed by atoms with Gasteiger partial charge in [-0.15, -0.1) is 11.3 Å². The number of fused-ring (bicyclic) bond motifs is 1. The van der Waals surface area contributed by atoms with Gasteiger partial charge in [0.05, 0.1) is 6.54 Å².